The van der Waals surface area contributed by atoms with Gasteiger partial charge in [0.25, 0.3) is 10.0 Å². The van der Waals surface area contributed by atoms with Crippen molar-refractivity contribution in [3.8, 4) is 0 Å². The van der Waals surface area contributed by atoms with Crippen LogP contribution in [0.5, 0.6) is 0 Å². The minimum absolute atomic E-state index is 0.108. The zero-order valence-electron chi connectivity index (χ0n) is 17.5. The van der Waals surface area contributed by atoms with E-state index in [1.165, 1.54) is 26.0 Å². The van der Waals surface area contributed by atoms with Gasteiger partial charge in [-0.3, -0.25) is 4.90 Å². The first-order valence-corrected chi connectivity index (χ1v) is 13.0. The van der Waals surface area contributed by atoms with Crippen LogP contribution in [0.1, 0.15) is 6.92 Å². The fourth-order valence-corrected chi connectivity index (χ4v) is 6.54. The van der Waals surface area contributed by atoms with Gasteiger partial charge in [-0.15, -0.1) is 0 Å². The third-order valence-electron chi connectivity index (χ3n) is 4.44. The van der Waals surface area contributed by atoms with Crippen LogP contribution in [0, 0.1) is 0 Å². The highest BCUT2D eigenvalue weighted by atomic mass is 35.5. The van der Waals surface area contributed by atoms with Gasteiger partial charge in [0, 0.05) is 45.7 Å². The Hall–Kier alpha value is -1.86. The Balaban J connectivity index is 1.70. The van der Waals surface area contributed by atoms with Gasteiger partial charge in [-0.1, -0.05) is 34.7 Å². The molecule has 2 aromatic rings. The van der Waals surface area contributed by atoms with Crippen LogP contribution in [-0.2, 0) is 10.0 Å². The molecule has 1 aliphatic rings. The SMILES string of the molecule is CCN1CCSC1=Nc1ccc(NC(=O)N(C)c2nc(Cl)c(S(=O)(=O)N(C)C)s2)cc1. The van der Waals surface area contributed by atoms with E-state index in [1.54, 1.807) is 23.9 Å². The first kappa shape index (κ1) is 23.8. The van der Waals surface area contributed by atoms with Gasteiger partial charge in [0.1, 0.15) is 0 Å². The molecule has 1 saturated heterocycles. The van der Waals surface area contributed by atoms with E-state index in [0.29, 0.717) is 5.69 Å². The van der Waals surface area contributed by atoms with Gasteiger partial charge in [-0.25, -0.2) is 27.5 Å². The van der Waals surface area contributed by atoms with Gasteiger partial charge in [0.15, 0.2) is 19.7 Å². The number of thiazole rings is 1. The molecule has 3 rings (SSSR count). The van der Waals surface area contributed by atoms with E-state index in [2.05, 4.69) is 27.1 Å². The summed E-state index contributed by atoms with van der Waals surface area (Å²) in [6.45, 7) is 4.02. The van der Waals surface area contributed by atoms with Gasteiger partial charge in [0.2, 0.25) is 0 Å². The van der Waals surface area contributed by atoms with Crippen LogP contribution >= 0.6 is 34.7 Å². The number of amides is 2. The molecular weight excluding hydrogens is 480 g/mol. The molecular formula is C18H23ClN6O3S3. The average Bonchev–Trinajstić information content (AvgIpc) is 3.35. The standard InChI is InChI=1S/C18H23ClN6O3S3/c1-5-25-10-11-29-18(25)21-13-8-6-12(7-9-13)20-16(26)24(4)17-22-14(19)15(30-17)31(27,28)23(2)3/h6-9H,5,10-11H2,1-4H3,(H,20,26). The van der Waals surface area contributed by atoms with E-state index < -0.39 is 16.1 Å². The highest BCUT2D eigenvalue weighted by Gasteiger charge is 2.27. The first-order chi connectivity index (χ1) is 14.6. The van der Waals surface area contributed by atoms with Crippen LogP contribution in [0.25, 0.3) is 0 Å². The minimum atomic E-state index is -3.74. The zero-order chi connectivity index (χ0) is 22.8. The highest BCUT2D eigenvalue weighted by Crippen LogP contribution is 2.34. The number of carbonyl (C=O) groups is 1. The fourth-order valence-electron chi connectivity index (χ4n) is 2.60. The number of urea groups is 1. The van der Waals surface area contributed by atoms with Gasteiger partial charge < -0.3 is 10.2 Å². The van der Waals surface area contributed by atoms with E-state index in [9.17, 15) is 13.2 Å². The van der Waals surface area contributed by atoms with Crippen LogP contribution < -0.4 is 10.2 Å². The second kappa shape index (κ2) is 9.74. The third-order valence-corrected chi connectivity index (χ3v) is 9.36. The maximum absolute atomic E-state index is 12.6. The van der Waals surface area contributed by atoms with Crippen LogP contribution in [-0.4, -0.2) is 73.8 Å². The number of hydrogen-bond donors (Lipinski definition) is 1. The van der Waals surface area contributed by atoms with Gasteiger partial charge in [-0.05, 0) is 31.2 Å². The molecule has 1 aromatic carbocycles. The zero-order valence-corrected chi connectivity index (χ0v) is 20.7. The molecule has 13 heteroatoms. The van der Waals surface area contributed by atoms with Crippen molar-refractivity contribution in [1.29, 1.82) is 0 Å². The van der Waals surface area contributed by atoms with E-state index in [-0.39, 0.29) is 14.5 Å². The molecule has 1 aromatic heterocycles. The van der Waals surface area contributed by atoms with Crippen molar-refractivity contribution in [2.24, 2.45) is 4.99 Å². The summed E-state index contributed by atoms with van der Waals surface area (Å²) >= 11 is 8.57. The quantitative estimate of drug-likeness (QED) is 0.645. The second-order valence-corrected chi connectivity index (χ2v) is 11.5. The number of nitrogens with zero attached hydrogens (tertiary/aromatic N) is 5. The van der Waals surface area contributed by atoms with Crippen molar-refractivity contribution in [1.82, 2.24) is 14.2 Å². The molecule has 1 N–H and O–H groups in total. The fraction of sp³-hybridized carbons (Fsp3) is 0.389. The van der Waals surface area contributed by atoms with Crippen molar-refractivity contribution >= 4 is 72.4 Å². The molecule has 0 saturated carbocycles. The number of hydrogen-bond acceptors (Lipinski definition) is 7. The molecule has 31 heavy (non-hydrogen) atoms. The van der Waals surface area contributed by atoms with Crippen LogP contribution in [0.3, 0.4) is 0 Å². The van der Waals surface area contributed by atoms with Crippen molar-refractivity contribution in [2.75, 3.05) is 50.2 Å². The molecule has 1 aliphatic heterocycles. The maximum atomic E-state index is 12.6. The van der Waals surface area contributed by atoms with Crippen molar-refractivity contribution in [3.63, 3.8) is 0 Å². The minimum Gasteiger partial charge on any atom is -0.351 e. The number of aromatic nitrogens is 1. The predicted molar refractivity (Wildman–Crippen MR) is 129 cm³/mol. The van der Waals surface area contributed by atoms with Crippen LogP contribution in [0.4, 0.5) is 21.3 Å². The number of nitrogens with one attached hydrogen (secondary N) is 1. The van der Waals surface area contributed by atoms with E-state index in [0.717, 1.165) is 45.3 Å². The van der Waals surface area contributed by atoms with Crippen molar-refractivity contribution in [2.45, 2.75) is 11.1 Å². The summed E-state index contributed by atoms with van der Waals surface area (Å²) in [6.07, 6.45) is 0. The topological polar surface area (TPSA) is 98.2 Å². The molecule has 0 atom stereocenters. The molecule has 2 heterocycles. The van der Waals surface area contributed by atoms with E-state index in [1.807, 2.05) is 12.1 Å². The lowest BCUT2D eigenvalue weighted by atomic mass is 10.3. The Bertz CT molecular complexity index is 1090. The monoisotopic (exact) mass is 502 g/mol. The number of benzene rings is 1. The third kappa shape index (κ3) is 5.32. The summed E-state index contributed by atoms with van der Waals surface area (Å²) in [5.74, 6) is 1.03. The lowest BCUT2D eigenvalue weighted by Crippen LogP contribution is -2.31. The lowest BCUT2D eigenvalue weighted by molar-refractivity contribution is 0.258. The number of thioether (sulfide) groups is 1. The van der Waals surface area contributed by atoms with Crippen LogP contribution in [0.15, 0.2) is 33.5 Å². The molecule has 9 nitrogen and oxygen atoms in total. The molecule has 168 valence electrons. The second-order valence-electron chi connectivity index (χ2n) is 6.72. The Morgan fingerprint density at radius 3 is 2.58 bits per heavy atom. The summed E-state index contributed by atoms with van der Waals surface area (Å²) in [6, 6.07) is 6.71. The number of amidine groups is 1. The molecule has 0 unspecified atom stereocenters. The number of carbonyl (C=O) groups excluding carboxylic acids is 1. The summed E-state index contributed by atoms with van der Waals surface area (Å²) in [7, 11) is 0.557. The van der Waals surface area contributed by atoms with Crippen LogP contribution in [0.2, 0.25) is 5.15 Å². The average molecular weight is 503 g/mol. The smallest absolute Gasteiger partial charge is 0.327 e. The van der Waals surface area contributed by atoms with Gasteiger partial charge in [-0.2, -0.15) is 0 Å². The van der Waals surface area contributed by atoms with Gasteiger partial charge >= 0.3 is 6.03 Å². The number of halogens is 1. The number of aliphatic imine (C=N–C) groups is 1. The Morgan fingerprint density at radius 2 is 1.97 bits per heavy atom. The lowest BCUT2D eigenvalue weighted by Gasteiger charge is -2.15. The number of rotatable bonds is 6. The molecule has 0 bridgehead atoms. The highest BCUT2D eigenvalue weighted by molar-refractivity contribution is 8.14. The number of anilines is 2. The molecule has 1 fully saturated rings. The Kier molecular flexibility index (Phi) is 7.47. The Labute approximate surface area is 195 Å². The largest absolute Gasteiger partial charge is 0.351 e. The number of sulfonamides is 1. The van der Waals surface area contributed by atoms with Gasteiger partial charge in [0.05, 0.1) is 5.69 Å². The summed E-state index contributed by atoms with van der Waals surface area (Å²) in [5.41, 5.74) is 1.38. The van der Waals surface area contributed by atoms with Crippen molar-refractivity contribution in [3.05, 3.63) is 29.4 Å². The van der Waals surface area contributed by atoms with Crippen molar-refractivity contribution < 1.29 is 13.2 Å². The molecule has 0 spiro atoms. The van der Waals surface area contributed by atoms with E-state index in [4.69, 9.17) is 11.6 Å². The maximum Gasteiger partial charge on any atom is 0.327 e. The molecule has 0 radical (unpaired) electrons. The Morgan fingerprint density at radius 1 is 1.29 bits per heavy atom. The van der Waals surface area contributed by atoms with E-state index >= 15 is 0 Å². The first-order valence-electron chi connectivity index (χ1n) is 9.33. The summed E-state index contributed by atoms with van der Waals surface area (Å²) in [4.78, 5) is 24.7. The predicted octanol–water partition coefficient (Wildman–Crippen LogP) is 3.77. The molecule has 0 aliphatic carbocycles. The molecule has 2 amide bonds. The normalized spacial score (nSPS) is 15.7. The summed E-state index contributed by atoms with van der Waals surface area (Å²) in [5, 5.41) is 3.77. The summed E-state index contributed by atoms with van der Waals surface area (Å²) < 4.78 is 25.6.